The van der Waals surface area contributed by atoms with Crippen LogP contribution in [0.5, 0.6) is 0 Å². The second-order valence-electron chi connectivity index (χ2n) is 5.68. The molecule has 1 aromatic rings. The van der Waals surface area contributed by atoms with Gasteiger partial charge in [-0.3, -0.25) is 4.21 Å². The van der Waals surface area contributed by atoms with Gasteiger partial charge in [0.25, 0.3) is 0 Å². The number of aromatic carboxylic acids is 1. The van der Waals surface area contributed by atoms with Gasteiger partial charge >= 0.3 is 24.0 Å². The molecule has 0 radical (unpaired) electrons. The van der Waals surface area contributed by atoms with Gasteiger partial charge in [-0.25, -0.2) is 9.18 Å². The van der Waals surface area contributed by atoms with Crippen molar-refractivity contribution in [3.05, 3.63) is 28.8 Å². The van der Waals surface area contributed by atoms with Crippen LogP contribution in [0.15, 0.2) is 17.0 Å². The standard InChI is InChI=1S/C16H17F7O3S/c1-3-5-8-27(26)12-9(4-2)10(13(24)25)6-7-11(12)14(17,15(18,19)20)16(21,22)23/h6-7H,3-5,8H2,1-2H3,(H,24,25)/t27-/m0/s1. The van der Waals surface area contributed by atoms with Gasteiger partial charge in [0, 0.05) is 16.2 Å². The van der Waals surface area contributed by atoms with E-state index in [9.17, 15) is 39.7 Å². The van der Waals surface area contributed by atoms with Crippen molar-refractivity contribution in [2.45, 2.75) is 56.0 Å². The molecule has 0 aliphatic heterocycles. The Morgan fingerprint density at radius 2 is 1.56 bits per heavy atom. The molecule has 0 spiro atoms. The van der Waals surface area contributed by atoms with Crippen molar-refractivity contribution in [2.24, 2.45) is 0 Å². The van der Waals surface area contributed by atoms with Crippen LogP contribution in [0.4, 0.5) is 30.7 Å². The van der Waals surface area contributed by atoms with E-state index in [-0.39, 0.29) is 24.7 Å². The molecular weight excluding hydrogens is 405 g/mol. The van der Waals surface area contributed by atoms with Gasteiger partial charge in [0.2, 0.25) is 0 Å². The predicted molar refractivity (Wildman–Crippen MR) is 83.9 cm³/mol. The molecule has 0 heterocycles. The highest BCUT2D eigenvalue weighted by Crippen LogP contribution is 2.55. The maximum absolute atomic E-state index is 14.6. The molecule has 0 fully saturated rings. The zero-order chi connectivity index (χ0) is 21.2. The van der Waals surface area contributed by atoms with Gasteiger partial charge in [-0.05, 0) is 24.5 Å². The van der Waals surface area contributed by atoms with E-state index in [1.54, 1.807) is 6.92 Å². The van der Waals surface area contributed by atoms with E-state index in [0.717, 1.165) is 0 Å². The summed E-state index contributed by atoms with van der Waals surface area (Å²) in [5.74, 6) is -1.96. The third-order valence-corrected chi connectivity index (χ3v) is 5.49. The Kier molecular flexibility index (Phi) is 7.06. The minimum atomic E-state index is -6.38. The Bertz CT molecular complexity index is 712. The number of hydrogen-bond donors (Lipinski definition) is 1. The lowest BCUT2D eigenvalue weighted by atomic mass is 9.90. The molecule has 1 aromatic carbocycles. The fourth-order valence-electron chi connectivity index (χ4n) is 2.55. The highest BCUT2D eigenvalue weighted by atomic mass is 32.2. The van der Waals surface area contributed by atoms with E-state index in [1.165, 1.54) is 6.92 Å². The summed E-state index contributed by atoms with van der Waals surface area (Å²) in [4.78, 5) is 10.2. The first-order chi connectivity index (χ1) is 12.2. The third-order valence-electron chi connectivity index (χ3n) is 3.91. The van der Waals surface area contributed by atoms with Crippen LogP contribution < -0.4 is 0 Å². The minimum absolute atomic E-state index is 0.114. The maximum atomic E-state index is 14.6. The number of halogens is 7. The molecule has 1 atom stereocenters. The van der Waals surface area contributed by atoms with Gasteiger partial charge in [-0.2, -0.15) is 26.3 Å². The summed E-state index contributed by atoms with van der Waals surface area (Å²) in [5, 5.41) is 9.16. The molecule has 27 heavy (non-hydrogen) atoms. The summed E-state index contributed by atoms with van der Waals surface area (Å²) in [6, 6.07) is 0.589. The first-order valence-corrected chi connectivity index (χ1v) is 9.16. The fraction of sp³-hybridized carbons (Fsp3) is 0.562. The van der Waals surface area contributed by atoms with Gasteiger partial charge in [0.15, 0.2) is 0 Å². The van der Waals surface area contributed by atoms with Crippen LogP contribution in [-0.4, -0.2) is 33.4 Å². The number of alkyl halides is 7. The highest BCUT2D eigenvalue weighted by Gasteiger charge is 2.74. The van der Waals surface area contributed by atoms with Gasteiger partial charge in [-0.1, -0.05) is 26.3 Å². The highest BCUT2D eigenvalue weighted by molar-refractivity contribution is 7.85. The zero-order valence-corrected chi connectivity index (χ0v) is 15.1. The molecule has 0 saturated heterocycles. The van der Waals surface area contributed by atoms with E-state index in [0.29, 0.717) is 12.5 Å². The fourth-order valence-corrected chi connectivity index (χ4v) is 4.29. The van der Waals surface area contributed by atoms with Crippen molar-refractivity contribution in [1.29, 1.82) is 0 Å². The summed E-state index contributed by atoms with van der Waals surface area (Å²) in [6.07, 6.45) is -12.5. The van der Waals surface area contributed by atoms with Crippen LogP contribution in [0.25, 0.3) is 0 Å². The van der Waals surface area contributed by atoms with Crippen LogP contribution in [0.3, 0.4) is 0 Å². The summed E-state index contributed by atoms with van der Waals surface area (Å²) < 4.78 is 106. The van der Waals surface area contributed by atoms with Crippen LogP contribution in [0.1, 0.15) is 48.2 Å². The van der Waals surface area contributed by atoms with E-state index >= 15 is 0 Å². The number of carboxylic acid groups (broad SMARTS) is 1. The van der Waals surface area contributed by atoms with Crippen LogP contribution in [0, 0.1) is 0 Å². The lowest BCUT2D eigenvalue weighted by molar-refractivity contribution is -0.349. The quantitative estimate of drug-likeness (QED) is 0.619. The van der Waals surface area contributed by atoms with Crippen molar-refractivity contribution in [2.75, 3.05) is 5.75 Å². The van der Waals surface area contributed by atoms with Crippen molar-refractivity contribution in [3.8, 4) is 0 Å². The van der Waals surface area contributed by atoms with E-state index in [2.05, 4.69) is 0 Å². The molecule has 1 rings (SSSR count). The number of unbranched alkanes of at least 4 members (excludes halogenated alkanes) is 1. The molecule has 0 bridgehead atoms. The van der Waals surface area contributed by atoms with Crippen molar-refractivity contribution in [1.82, 2.24) is 0 Å². The van der Waals surface area contributed by atoms with Crippen molar-refractivity contribution < 1.29 is 44.8 Å². The summed E-state index contributed by atoms with van der Waals surface area (Å²) in [7, 11) is -2.45. The SMILES string of the molecule is CCCC[S@](=O)c1c(C(F)(C(F)(F)F)C(F)(F)F)ccc(C(=O)O)c1CC. The molecule has 0 amide bonds. The first-order valence-electron chi connectivity index (χ1n) is 7.84. The second kappa shape index (κ2) is 8.15. The summed E-state index contributed by atoms with van der Waals surface area (Å²) in [6.45, 7) is 2.92. The Morgan fingerprint density at radius 1 is 1.04 bits per heavy atom. The molecular formula is C16H17F7O3S. The molecule has 154 valence electrons. The van der Waals surface area contributed by atoms with Gasteiger partial charge in [-0.15, -0.1) is 0 Å². The number of benzene rings is 1. The monoisotopic (exact) mass is 422 g/mol. The average molecular weight is 422 g/mol. The van der Waals surface area contributed by atoms with Crippen LogP contribution >= 0.6 is 0 Å². The zero-order valence-electron chi connectivity index (χ0n) is 14.3. The number of carboxylic acids is 1. The van der Waals surface area contributed by atoms with Gasteiger partial charge in [0.1, 0.15) is 0 Å². The predicted octanol–water partition coefficient (Wildman–Crippen LogP) is 5.14. The number of carbonyl (C=O) groups is 1. The topological polar surface area (TPSA) is 54.4 Å². The minimum Gasteiger partial charge on any atom is -0.478 e. The van der Waals surface area contributed by atoms with E-state index in [4.69, 9.17) is 5.11 Å². The lowest BCUT2D eigenvalue weighted by Crippen LogP contribution is -2.51. The number of rotatable bonds is 7. The smallest absolute Gasteiger partial charge is 0.435 e. The molecule has 0 aliphatic rings. The lowest BCUT2D eigenvalue weighted by Gasteiger charge is -2.32. The molecule has 1 N–H and O–H groups in total. The van der Waals surface area contributed by atoms with Crippen LogP contribution in [0.2, 0.25) is 0 Å². The van der Waals surface area contributed by atoms with Crippen molar-refractivity contribution in [3.63, 3.8) is 0 Å². The Labute approximate surface area is 153 Å². The number of hydrogen-bond acceptors (Lipinski definition) is 2. The third kappa shape index (κ3) is 4.27. The van der Waals surface area contributed by atoms with Crippen molar-refractivity contribution >= 4 is 16.8 Å². The van der Waals surface area contributed by atoms with Gasteiger partial charge < -0.3 is 5.11 Å². The second-order valence-corrected chi connectivity index (χ2v) is 7.19. The Hall–Kier alpha value is -1.65. The normalized spacial score (nSPS) is 14.3. The molecule has 3 nitrogen and oxygen atoms in total. The molecule has 0 saturated carbocycles. The van der Waals surface area contributed by atoms with E-state index in [1.807, 2.05) is 0 Å². The van der Waals surface area contributed by atoms with Gasteiger partial charge in [0.05, 0.1) is 16.4 Å². The van der Waals surface area contributed by atoms with E-state index < -0.39 is 56.4 Å². The molecule has 11 heteroatoms. The molecule has 0 unspecified atom stereocenters. The van der Waals surface area contributed by atoms with Crippen LogP contribution in [-0.2, 0) is 22.9 Å². The maximum Gasteiger partial charge on any atom is 0.435 e. The summed E-state index contributed by atoms with van der Waals surface area (Å²) >= 11 is 0. The average Bonchev–Trinajstić information content (AvgIpc) is 2.55. The summed E-state index contributed by atoms with van der Waals surface area (Å²) in [5.41, 5.74) is -8.78. The Morgan fingerprint density at radius 3 is 1.93 bits per heavy atom. The largest absolute Gasteiger partial charge is 0.478 e. The first kappa shape index (κ1) is 23.4. The Balaban J connectivity index is 3.97. The molecule has 0 aliphatic carbocycles. The molecule has 0 aromatic heterocycles.